The molecule has 0 spiro atoms. The normalized spacial score (nSPS) is 12.2. The predicted molar refractivity (Wildman–Crippen MR) is 63.2 cm³/mol. The monoisotopic (exact) mass is 242 g/mol. The second-order valence-electron chi connectivity index (χ2n) is 3.35. The Morgan fingerprint density at radius 2 is 2.25 bits per heavy atom. The van der Waals surface area contributed by atoms with Crippen molar-refractivity contribution in [3.05, 3.63) is 28.8 Å². The van der Waals surface area contributed by atoms with Crippen molar-refractivity contribution in [2.45, 2.75) is 26.0 Å². The molecule has 1 amide bonds. The van der Waals surface area contributed by atoms with E-state index in [1.165, 1.54) is 0 Å². The number of benzene rings is 1. The van der Waals surface area contributed by atoms with Gasteiger partial charge in [-0.05, 0) is 12.5 Å². The van der Waals surface area contributed by atoms with Gasteiger partial charge in [0.2, 0.25) is 0 Å². The summed E-state index contributed by atoms with van der Waals surface area (Å²) in [5.74, 6) is -0.0669. The first-order valence-corrected chi connectivity index (χ1v) is 5.41. The highest BCUT2D eigenvalue weighted by Crippen LogP contribution is 2.29. The number of hydrogen-bond donors (Lipinski definition) is 2. The second kappa shape index (κ2) is 5.72. The molecule has 0 saturated carbocycles. The van der Waals surface area contributed by atoms with Gasteiger partial charge in [0, 0.05) is 12.1 Å². The molecule has 5 heteroatoms. The SMILES string of the molecule is CCC(Oc1c(Cl)cccc1CN)C(N)=O. The fourth-order valence-corrected chi connectivity index (χ4v) is 1.57. The fraction of sp³-hybridized carbons (Fsp3) is 0.364. The zero-order chi connectivity index (χ0) is 12.1. The zero-order valence-corrected chi connectivity index (χ0v) is 9.83. The summed E-state index contributed by atoms with van der Waals surface area (Å²) in [6.45, 7) is 2.11. The Labute approximate surface area is 99.5 Å². The summed E-state index contributed by atoms with van der Waals surface area (Å²) < 4.78 is 5.49. The molecule has 4 N–H and O–H groups in total. The quantitative estimate of drug-likeness (QED) is 0.820. The van der Waals surface area contributed by atoms with E-state index in [0.29, 0.717) is 23.7 Å². The highest BCUT2D eigenvalue weighted by molar-refractivity contribution is 6.32. The minimum Gasteiger partial charge on any atom is -0.479 e. The van der Waals surface area contributed by atoms with E-state index in [1.807, 2.05) is 6.92 Å². The van der Waals surface area contributed by atoms with E-state index in [1.54, 1.807) is 18.2 Å². The minimum absolute atomic E-state index is 0.297. The topological polar surface area (TPSA) is 78.3 Å². The maximum Gasteiger partial charge on any atom is 0.258 e. The lowest BCUT2D eigenvalue weighted by molar-refractivity contribution is -0.124. The highest BCUT2D eigenvalue weighted by Gasteiger charge is 2.18. The van der Waals surface area contributed by atoms with Crippen LogP contribution in [0.25, 0.3) is 0 Å². The number of para-hydroxylation sites is 1. The lowest BCUT2D eigenvalue weighted by atomic mass is 10.2. The van der Waals surface area contributed by atoms with Crippen molar-refractivity contribution in [2.24, 2.45) is 11.5 Å². The van der Waals surface area contributed by atoms with Crippen LogP contribution in [-0.2, 0) is 11.3 Å². The van der Waals surface area contributed by atoms with E-state index in [2.05, 4.69) is 0 Å². The van der Waals surface area contributed by atoms with Gasteiger partial charge < -0.3 is 16.2 Å². The summed E-state index contributed by atoms with van der Waals surface area (Å²) in [5, 5.41) is 0.433. The maximum atomic E-state index is 11.1. The van der Waals surface area contributed by atoms with Crippen LogP contribution in [0.1, 0.15) is 18.9 Å². The molecule has 1 rings (SSSR count). The first kappa shape index (κ1) is 12.8. The summed E-state index contributed by atoms with van der Waals surface area (Å²) in [7, 11) is 0. The second-order valence-corrected chi connectivity index (χ2v) is 3.76. The molecule has 0 aromatic heterocycles. The molecule has 4 nitrogen and oxygen atoms in total. The molecule has 0 radical (unpaired) electrons. The van der Waals surface area contributed by atoms with Crippen LogP contribution in [0.3, 0.4) is 0 Å². The Morgan fingerprint density at radius 1 is 1.56 bits per heavy atom. The molecule has 0 saturated heterocycles. The molecule has 0 aliphatic rings. The molecule has 0 aliphatic heterocycles. The van der Waals surface area contributed by atoms with Crippen LogP contribution in [0.5, 0.6) is 5.75 Å². The number of hydrogen-bond acceptors (Lipinski definition) is 3. The van der Waals surface area contributed by atoms with Gasteiger partial charge in [-0.1, -0.05) is 30.7 Å². The smallest absolute Gasteiger partial charge is 0.258 e. The molecule has 1 atom stereocenters. The summed E-state index contributed by atoms with van der Waals surface area (Å²) in [4.78, 5) is 11.1. The molecule has 0 heterocycles. The van der Waals surface area contributed by atoms with Gasteiger partial charge in [-0.2, -0.15) is 0 Å². The number of nitrogens with two attached hydrogens (primary N) is 2. The Bertz CT molecular complexity index is 382. The van der Waals surface area contributed by atoms with Crippen molar-refractivity contribution in [2.75, 3.05) is 0 Å². The standard InChI is InChI=1S/C11H15ClN2O2/c1-2-9(11(14)15)16-10-7(6-13)4-3-5-8(10)12/h3-5,9H,2,6,13H2,1H3,(H2,14,15). The molecule has 0 fully saturated rings. The number of carbonyl (C=O) groups is 1. The van der Waals surface area contributed by atoms with Gasteiger partial charge in [0.15, 0.2) is 6.10 Å². The number of primary amides is 1. The Morgan fingerprint density at radius 3 is 2.75 bits per heavy atom. The van der Waals surface area contributed by atoms with Crippen molar-refractivity contribution in [1.82, 2.24) is 0 Å². The van der Waals surface area contributed by atoms with Gasteiger partial charge in [-0.15, -0.1) is 0 Å². The molecule has 1 unspecified atom stereocenters. The summed E-state index contributed by atoms with van der Waals surface area (Å²) in [6.07, 6.45) is -0.185. The first-order chi connectivity index (χ1) is 7.60. The molecule has 88 valence electrons. The van der Waals surface area contributed by atoms with E-state index < -0.39 is 12.0 Å². The fourth-order valence-electron chi connectivity index (χ4n) is 1.33. The predicted octanol–water partition coefficient (Wildman–Crippen LogP) is 1.44. The van der Waals surface area contributed by atoms with Gasteiger partial charge >= 0.3 is 0 Å². The maximum absolute atomic E-state index is 11.1. The van der Waals surface area contributed by atoms with Crippen LogP contribution < -0.4 is 16.2 Å². The molecule has 0 bridgehead atoms. The third-order valence-electron chi connectivity index (χ3n) is 2.22. The average Bonchev–Trinajstić information content (AvgIpc) is 2.26. The average molecular weight is 243 g/mol. The van der Waals surface area contributed by atoms with Crippen LogP contribution in [0, 0.1) is 0 Å². The van der Waals surface area contributed by atoms with Crippen molar-refractivity contribution in [3.8, 4) is 5.75 Å². The van der Waals surface area contributed by atoms with Crippen LogP contribution >= 0.6 is 11.6 Å². The van der Waals surface area contributed by atoms with E-state index in [-0.39, 0.29) is 0 Å². The molecule has 1 aromatic rings. The van der Waals surface area contributed by atoms with Crippen LogP contribution in [0.4, 0.5) is 0 Å². The third kappa shape index (κ3) is 2.87. The Hall–Kier alpha value is -1.26. The Kier molecular flexibility index (Phi) is 4.58. The van der Waals surface area contributed by atoms with Gasteiger partial charge in [-0.25, -0.2) is 0 Å². The first-order valence-electron chi connectivity index (χ1n) is 5.03. The van der Waals surface area contributed by atoms with Crippen molar-refractivity contribution >= 4 is 17.5 Å². The lowest BCUT2D eigenvalue weighted by Gasteiger charge is -2.17. The summed E-state index contributed by atoms with van der Waals surface area (Å²) in [6, 6.07) is 5.27. The minimum atomic E-state index is -0.676. The van der Waals surface area contributed by atoms with E-state index in [0.717, 1.165) is 5.56 Å². The van der Waals surface area contributed by atoms with Gasteiger partial charge in [0.05, 0.1) is 5.02 Å². The van der Waals surface area contributed by atoms with Gasteiger partial charge in [-0.3, -0.25) is 4.79 Å². The molecule has 16 heavy (non-hydrogen) atoms. The lowest BCUT2D eigenvalue weighted by Crippen LogP contribution is -2.33. The van der Waals surface area contributed by atoms with Crippen LogP contribution in [0.2, 0.25) is 5.02 Å². The summed E-state index contributed by atoms with van der Waals surface area (Å²) >= 11 is 5.98. The molecule has 0 aliphatic carbocycles. The number of rotatable bonds is 5. The number of carbonyl (C=O) groups excluding carboxylic acids is 1. The largest absolute Gasteiger partial charge is 0.479 e. The third-order valence-corrected chi connectivity index (χ3v) is 2.51. The molecular formula is C11H15ClN2O2. The molecule has 1 aromatic carbocycles. The summed E-state index contributed by atoms with van der Waals surface area (Å²) in [5.41, 5.74) is 11.5. The van der Waals surface area contributed by atoms with Gasteiger partial charge in [0.1, 0.15) is 5.75 Å². The highest BCUT2D eigenvalue weighted by atomic mass is 35.5. The zero-order valence-electron chi connectivity index (χ0n) is 9.07. The Balaban J connectivity index is 2.98. The van der Waals surface area contributed by atoms with E-state index in [4.69, 9.17) is 27.8 Å². The van der Waals surface area contributed by atoms with E-state index >= 15 is 0 Å². The van der Waals surface area contributed by atoms with Gasteiger partial charge in [0.25, 0.3) is 5.91 Å². The van der Waals surface area contributed by atoms with E-state index in [9.17, 15) is 4.79 Å². The van der Waals surface area contributed by atoms with Crippen molar-refractivity contribution in [3.63, 3.8) is 0 Å². The van der Waals surface area contributed by atoms with Crippen LogP contribution in [0.15, 0.2) is 18.2 Å². The molecular weight excluding hydrogens is 228 g/mol. The number of amides is 1. The van der Waals surface area contributed by atoms with Crippen LogP contribution in [-0.4, -0.2) is 12.0 Å². The number of ether oxygens (including phenoxy) is 1. The number of halogens is 1. The van der Waals surface area contributed by atoms with Crippen molar-refractivity contribution < 1.29 is 9.53 Å². The van der Waals surface area contributed by atoms with Crippen molar-refractivity contribution in [1.29, 1.82) is 0 Å².